The fraction of sp³-hybridized carbons (Fsp3) is 0.286. The number of hydrogen-bond donors (Lipinski definition) is 3. The van der Waals surface area contributed by atoms with Crippen LogP contribution in [0, 0.1) is 12.3 Å². The predicted molar refractivity (Wildman–Crippen MR) is 134 cm³/mol. The molecule has 182 valence electrons. The molecule has 1 aliphatic heterocycles. The number of rotatable bonds is 7. The molecule has 3 N–H and O–H groups in total. The normalized spacial score (nSPS) is 15.2. The minimum absolute atomic E-state index is 0.0279. The largest absolute Gasteiger partial charge is 0.507 e. The van der Waals surface area contributed by atoms with E-state index in [1.54, 1.807) is 19.1 Å². The number of phenolic OH excluding ortho intramolecular Hbond substituents is 1. The SMILES string of the molecule is Cc1c(OCc2cccc(-c3cccc(C4=NOC(O)N4)c3)c2)ccc(C(=O)CC(C)(C)C)c1O. The summed E-state index contributed by atoms with van der Waals surface area (Å²) >= 11 is 0. The number of Topliss-reactive ketones (excluding diaryl/α,β-unsaturated/α-hetero) is 1. The number of oxime groups is 1. The van der Waals surface area contributed by atoms with Crippen molar-refractivity contribution in [1.29, 1.82) is 0 Å². The Morgan fingerprint density at radius 2 is 1.74 bits per heavy atom. The maximum Gasteiger partial charge on any atom is 0.304 e. The van der Waals surface area contributed by atoms with Gasteiger partial charge in [0.25, 0.3) is 0 Å². The number of benzene rings is 3. The maximum atomic E-state index is 12.6. The van der Waals surface area contributed by atoms with E-state index in [-0.39, 0.29) is 16.9 Å². The molecule has 0 radical (unpaired) electrons. The van der Waals surface area contributed by atoms with Crippen LogP contribution in [0.1, 0.15) is 54.2 Å². The Labute approximate surface area is 205 Å². The fourth-order valence-corrected chi connectivity index (χ4v) is 3.90. The smallest absolute Gasteiger partial charge is 0.304 e. The number of carbonyl (C=O) groups excluding carboxylic acids is 1. The van der Waals surface area contributed by atoms with Gasteiger partial charge in [0.15, 0.2) is 11.6 Å². The van der Waals surface area contributed by atoms with Crippen molar-refractivity contribution in [2.24, 2.45) is 10.6 Å². The molecule has 0 amide bonds. The summed E-state index contributed by atoms with van der Waals surface area (Å²) in [6.45, 7) is 8.04. The first-order chi connectivity index (χ1) is 16.6. The average Bonchev–Trinajstić information content (AvgIpc) is 3.25. The van der Waals surface area contributed by atoms with Crippen LogP contribution in [0.3, 0.4) is 0 Å². The zero-order valence-corrected chi connectivity index (χ0v) is 20.3. The molecule has 3 aromatic rings. The molecule has 35 heavy (non-hydrogen) atoms. The first kappa shape index (κ1) is 24.3. The lowest BCUT2D eigenvalue weighted by molar-refractivity contribution is -0.0896. The molecule has 0 aromatic heterocycles. The van der Waals surface area contributed by atoms with E-state index in [4.69, 9.17) is 9.57 Å². The van der Waals surface area contributed by atoms with Crippen molar-refractivity contribution in [3.63, 3.8) is 0 Å². The summed E-state index contributed by atoms with van der Waals surface area (Å²) < 4.78 is 6.00. The minimum Gasteiger partial charge on any atom is -0.507 e. The van der Waals surface area contributed by atoms with Crippen molar-refractivity contribution in [2.75, 3.05) is 0 Å². The first-order valence-electron chi connectivity index (χ1n) is 11.5. The molecule has 1 atom stereocenters. The van der Waals surface area contributed by atoms with E-state index < -0.39 is 6.41 Å². The molecule has 0 aliphatic carbocycles. The second kappa shape index (κ2) is 9.80. The number of hydrogen-bond acceptors (Lipinski definition) is 7. The number of aliphatic hydroxyl groups is 1. The Kier molecular flexibility index (Phi) is 6.80. The third kappa shape index (κ3) is 5.81. The lowest BCUT2D eigenvalue weighted by Gasteiger charge is -2.18. The number of phenols is 1. The Bertz CT molecular complexity index is 1280. The van der Waals surface area contributed by atoms with Crippen LogP contribution in [0.2, 0.25) is 0 Å². The van der Waals surface area contributed by atoms with Crippen molar-refractivity contribution in [3.05, 3.63) is 82.9 Å². The highest BCUT2D eigenvalue weighted by Crippen LogP contribution is 2.34. The molecule has 7 nitrogen and oxygen atoms in total. The summed E-state index contributed by atoms with van der Waals surface area (Å²) in [5.41, 5.74) is 4.44. The van der Waals surface area contributed by atoms with Crippen molar-refractivity contribution in [3.8, 4) is 22.6 Å². The number of aromatic hydroxyl groups is 1. The van der Waals surface area contributed by atoms with Gasteiger partial charge in [-0.15, -0.1) is 0 Å². The van der Waals surface area contributed by atoms with E-state index in [1.165, 1.54) is 0 Å². The lowest BCUT2D eigenvalue weighted by Crippen LogP contribution is -2.29. The van der Waals surface area contributed by atoms with Gasteiger partial charge in [0.05, 0.1) is 5.56 Å². The van der Waals surface area contributed by atoms with Crippen molar-refractivity contribution >= 4 is 11.6 Å². The average molecular weight is 475 g/mol. The van der Waals surface area contributed by atoms with Gasteiger partial charge in [0, 0.05) is 17.5 Å². The lowest BCUT2D eigenvalue weighted by atomic mass is 9.87. The standard InChI is InChI=1S/C28H30N2O5/c1-17-24(12-11-22(25(17)32)23(31)15-28(2,3)4)34-16-18-7-5-8-19(13-18)20-9-6-10-21(14-20)26-29-27(33)35-30-26/h5-14,27,32-33H,15-16H2,1-4H3,(H,29,30). The molecule has 1 heterocycles. The predicted octanol–water partition coefficient (Wildman–Crippen LogP) is 5.12. The summed E-state index contributed by atoms with van der Waals surface area (Å²) in [5, 5.41) is 26.7. The molecule has 0 spiro atoms. The van der Waals surface area contributed by atoms with Crippen molar-refractivity contribution in [1.82, 2.24) is 5.32 Å². The van der Waals surface area contributed by atoms with Crippen molar-refractivity contribution in [2.45, 2.75) is 47.1 Å². The number of nitrogens with one attached hydrogen (secondary N) is 1. The van der Waals surface area contributed by atoms with Gasteiger partial charge in [-0.3, -0.25) is 4.79 Å². The Balaban J connectivity index is 1.48. The molecule has 4 rings (SSSR count). The van der Waals surface area contributed by atoms with Gasteiger partial charge in [0.2, 0.25) is 0 Å². The van der Waals surface area contributed by atoms with Gasteiger partial charge in [-0.05, 0) is 53.3 Å². The molecular weight excluding hydrogens is 444 g/mol. The fourth-order valence-electron chi connectivity index (χ4n) is 3.90. The van der Waals surface area contributed by atoms with E-state index in [2.05, 4.69) is 10.5 Å². The summed E-state index contributed by atoms with van der Waals surface area (Å²) in [4.78, 5) is 17.4. The number of carbonyl (C=O) groups is 1. The first-order valence-corrected chi connectivity index (χ1v) is 11.5. The van der Waals surface area contributed by atoms with Crippen molar-refractivity contribution < 1.29 is 24.6 Å². The summed E-state index contributed by atoms with van der Waals surface area (Å²) in [7, 11) is 0. The molecule has 1 unspecified atom stereocenters. The van der Waals surface area contributed by atoms with Crippen LogP contribution in [-0.2, 0) is 11.4 Å². The molecule has 3 aromatic carbocycles. The number of aliphatic hydroxyl groups excluding tert-OH is 1. The molecule has 0 bridgehead atoms. The highest BCUT2D eigenvalue weighted by Gasteiger charge is 2.22. The van der Waals surface area contributed by atoms with Crippen LogP contribution in [-0.4, -0.2) is 28.2 Å². The number of ether oxygens (including phenoxy) is 1. The molecule has 0 saturated carbocycles. The number of ketones is 1. The summed E-state index contributed by atoms with van der Waals surface area (Å²) in [6, 6.07) is 19.1. The Morgan fingerprint density at radius 3 is 2.43 bits per heavy atom. The van der Waals surface area contributed by atoms with E-state index in [0.29, 0.717) is 35.7 Å². The monoisotopic (exact) mass is 474 g/mol. The van der Waals surface area contributed by atoms with Crippen LogP contribution >= 0.6 is 0 Å². The molecule has 0 saturated heterocycles. The van der Waals surface area contributed by atoms with Crippen LogP contribution in [0.5, 0.6) is 11.5 Å². The highest BCUT2D eigenvalue weighted by molar-refractivity contribution is 6.00. The molecular formula is C28H30N2O5. The quantitative estimate of drug-likeness (QED) is 0.411. The second-order valence-electron chi connectivity index (χ2n) is 9.86. The number of amidine groups is 1. The maximum absolute atomic E-state index is 12.6. The zero-order chi connectivity index (χ0) is 25.2. The van der Waals surface area contributed by atoms with Gasteiger partial charge >= 0.3 is 6.41 Å². The van der Waals surface area contributed by atoms with Gasteiger partial charge in [-0.25, -0.2) is 0 Å². The van der Waals surface area contributed by atoms with Gasteiger partial charge in [-0.1, -0.05) is 62.3 Å². The third-order valence-corrected chi connectivity index (χ3v) is 5.67. The van der Waals surface area contributed by atoms with Crippen LogP contribution in [0.25, 0.3) is 11.1 Å². The van der Waals surface area contributed by atoms with Crippen LogP contribution < -0.4 is 10.1 Å². The Hall–Kier alpha value is -3.84. The third-order valence-electron chi connectivity index (χ3n) is 5.67. The van der Waals surface area contributed by atoms with Crippen LogP contribution in [0.15, 0.2) is 65.8 Å². The van der Waals surface area contributed by atoms with Gasteiger partial charge < -0.3 is 25.1 Å². The Morgan fingerprint density at radius 1 is 1.06 bits per heavy atom. The molecule has 7 heteroatoms. The second-order valence-corrected chi connectivity index (χ2v) is 9.86. The minimum atomic E-state index is -1.14. The summed E-state index contributed by atoms with van der Waals surface area (Å²) in [5.74, 6) is 0.893. The van der Waals surface area contributed by atoms with E-state index in [1.807, 2.05) is 69.3 Å². The zero-order valence-electron chi connectivity index (χ0n) is 20.3. The van der Waals surface area contributed by atoms with Gasteiger partial charge in [0.1, 0.15) is 18.1 Å². The highest BCUT2D eigenvalue weighted by atomic mass is 16.7. The van der Waals surface area contributed by atoms with E-state index >= 15 is 0 Å². The van der Waals surface area contributed by atoms with E-state index in [9.17, 15) is 15.0 Å². The molecule has 0 fully saturated rings. The van der Waals surface area contributed by atoms with Gasteiger partial charge in [-0.2, -0.15) is 0 Å². The topological polar surface area (TPSA) is 100 Å². The molecule has 1 aliphatic rings. The number of nitrogens with zero attached hydrogens (tertiary/aromatic N) is 1. The van der Waals surface area contributed by atoms with E-state index in [0.717, 1.165) is 22.3 Å². The van der Waals surface area contributed by atoms with Crippen LogP contribution in [0.4, 0.5) is 0 Å². The summed E-state index contributed by atoms with van der Waals surface area (Å²) in [6.07, 6.45) is -0.784.